The van der Waals surface area contributed by atoms with Crippen LogP contribution in [0.5, 0.6) is 0 Å². The first-order chi connectivity index (χ1) is 11.8. The third-order valence-corrected chi connectivity index (χ3v) is 4.12. The number of alkyl halides is 2. The molecule has 1 fully saturated rings. The van der Waals surface area contributed by atoms with E-state index in [2.05, 4.69) is 0 Å². The van der Waals surface area contributed by atoms with Gasteiger partial charge >= 0.3 is 6.03 Å². The Morgan fingerprint density at radius 3 is 2.08 bits per heavy atom. The summed E-state index contributed by atoms with van der Waals surface area (Å²) in [6.45, 7) is 8.98. The molecule has 1 heterocycles. The number of nitrogens with zero attached hydrogens (tertiary/aromatic N) is 3. The fourth-order valence-corrected chi connectivity index (χ4v) is 2.71. The summed E-state index contributed by atoms with van der Waals surface area (Å²) in [5.74, 6) is -0.449. The van der Waals surface area contributed by atoms with Crippen molar-refractivity contribution < 1.29 is 18.4 Å². The highest BCUT2D eigenvalue weighted by atomic mass is 19.3. The molecule has 3 amide bonds. The van der Waals surface area contributed by atoms with Crippen molar-refractivity contribution in [2.45, 2.75) is 40.2 Å². The number of benzene rings is 1. The van der Waals surface area contributed by atoms with Crippen molar-refractivity contribution >= 4 is 17.6 Å². The van der Waals surface area contributed by atoms with Gasteiger partial charge in [0.25, 0.3) is 12.3 Å². The van der Waals surface area contributed by atoms with E-state index in [1.807, 2.05) is 32.6 Å². The van der Waals surface area contributed by atoms with E-state index in [4.69, 9.17) is 0 Å². The van der Waals surface area contributed by atoms with E-state index in [1.54, 1.807) is 6.20 Å². The molecule has 1 aromatic rings. The lowest BCUT2D eigenvalue weighted by Gasteiger charge is -2.23. The highest BCUT2D eigenvalue weighted by molar-refractivity contribution is 6.26. The van der Waals surface area contributed by atoms with Gasteiger partial charge in [0, 0.05) is 30.9 Å². The molecular formula is C18H23F2N3O2. The highest BCUT2D eigenvalue weighted by Gasteiger charge is 2.43. The number of urea groups is 1. The minimum absolute atomic E-state index is 0.150. The predicted octanol–water partition coefficient (Wildman–Crippen LogP) is 3.98. The Hall–Kier alpha value is -2.44. The summed E-state index contributed by atoms with van der Waals surface area (Å²) in [5, 5.41) is 0. The van der Waals surface area contributed by atoms with Crippen LogP contribution in [0.2, 0.25) is 0 Å². The summed E-state index contributed by atoms with van der Waals surface area (Å²) in [5.41, 5.74) is 0.428. The lowest BCUT2D eigenvalue weighted by atomic mass is 10.2. The molecule has 0 aliphatic carbocycles. The molecule has 0 spiro atoms. The lowest BCUT2D eigenvalue weighted by Crippen LogP contribution is -2.36. The lowest BCUT2D eigenvalue weighted by molar-refractivity contribution is -0.114. The zero-order chi connectivity index (χ0) is 18.7. The monoisotopic (exact) mass is 351 g/mol. The number of carbonyl (C=O) groups is 2. The first-order valence-corrected chi connectivity index (χ1v) is 8.33. The Labute approximate surface area is 146 Å². The fourth-order valence-electron chi connectivity index (χ4n) is 2.71. The van der Waals surface area contributed by atoms with Gasteiger partial charge in [-0.15, -0.1) is 0 Å². The summed E-state index contributed by atoms with van der Waals surface area (Å²) in [4.78, 5) is 30.0. The van der Waals surface area contributed by atoms with Crippen molar-refractivity contribution in [3.05, 3.63) is 41.7 Å². The zero-order valence-corrected chi connectivity index (χ0v) is 14.9. The van der Waals surface area contributed by atoms with Gasteiger partial charge in [-0.25, -0.2) is 18.5 Å². The molecule has 0 aromatic heterocycles. The molecule has 7 heteroatoms. The van der Waals surface area contributed by atoms with Gasteiger partial charge in [0.05, 0.1) is 5.69 Å². The molecule has 0 bridgehead atoms. The molecule has 1 aromatic carbocycles. The number of halogens is 2. The van der Waals surface area contributed by atoms with E-state index in [0.29, 0.717) is 18.8 Å². The smallest absolute Gasteiger partial charge is 0.336 e. The third-order valence-electron chi connectivity index (χ3n) is 4.12. The predicted molar refractivity (Wildman–Crippen MR) is 92.3 cm³/mol. The van der Waals surface area contributed by atoms with Crippen LogP contribution in [-0.2, 0) is 4.79 Å². The molecule has 0 unspecified atom stereocenters. The summed E-state index contributed by atoms with van der Waals surface area (Å²) < 4.78 is 25.4. The standard InChI is InChI=1S/C18H23F2N3O2/c1-5-21(6-2)11-15-17(24)23(18(25)22(15)12(3)4)14-9-7-13(8-10-14)16(19)20/h7-12,16H,5-6H2,1-4H3. The van der Waals surface area contributed by atoms with Crippen LogP contribution < -0.4 is 4.90 Å². The number of amides is 3. The SMILES string of the molecule is CCN(C=C1C(=O)N(c2ccc(C(F)F)cc2)C(=O)N1C(C)C)CC. The minimum Gasteiger partial charge on any atom is -0.376 e. The molecule has 0 radical (unpaired) electrons. The number of carbonyl (C=O) groups excluding carboxylic acids is 2. The molecule has 1 aliphatic rings. The molecule has 5 nitrogen and oxygen atoms in total. The molecule has 0 saturated carbocycles. The van der Waals surface area contributed by atoms with E-state index >= 15 is 0 Å². The maximum atomic E-state index is 12.8. The number of anilines is 1. The topological polar surface area (TPSA) is 43.9 Å². The molecule has 1 aliphatic heterocycles. The van der Waals surface area contributed by atoms with Crippen molar-refractivity contribution in [2.24, 2.45) is 0 Å². The van der Waals surface area contributed by atoms with Crippen LogP contribution in [0.15, 0.2) is 36.2 Å². The van der Waals surface area contributed by atoms with E-state index in [1.165, 1.54) is 29.2 Å². The maximum Gasteiger partial charge on any atom is 0.336 e. The van der Waals surface area contributed by atoms with Gasteiger partial charge < -0.3 is 4.90 Å². The van der Waals surface area contributed by atoms with Gasteiger partial charge in [0.1, 0.15) is 5.70 Å². The Balaban J connectivity index is 2.43. The zero-order valence-electron chi connectivity index (χ0n) is 14.9. The van der Waals surface area contributed by atoms with Gasteiger partial charge in [-0.05, 0) is 39.8 Å². The van der Waals surface area contributed by atoms with Gasteiger partial charge in [-0.1, -0.05) is 12.1 Å². The van der Waals surface area contributed by atoms with E-state index in [-0.39, 0.29) is 17.3 Å². The minimum atomic E-state index is -2.59. The second kappa shape index (κ2) is 7.63. The van der Waals surface area contributed by atoms with Crippen molar-refractivity contribution in [1.82, 2.24) is 9.80 Å². The molecule has 136 valence electrons. The summed E-state index contributed by atoms with van der Waals surface area (Å²) >= 11 is 0. The first-order valence-electron chi connectivity index (χ1n) is 8.33. The van der Waals surface area contributed by atoms with Crippen LogP contribution in [-0.4, -0.2) is 40.9 Å². The number of rotatable bonds is 6. The fraction of sp³-hybridized carbons (Fsp3) is 0.444. The highest BCUT2D eigenvalue weighted by Crippen LogP contribution is 2.30. The quantitative estimate of drug-likeness (QED) is 0.575. The number of hydrogen-bond donors (Lipinski definition) is 0. The second-order valence-electron chi connectivity index (χ2n) is 6.01. The average molecular weight is 351 g/mol. The first kappa shape index (κ1) is 18.9. The van der Waals surface area contributed by atoms with Crippen molar-refractivity contribution in [3.63, 3.8) is 0 Å². The van der Waals surface area contributed by atoms with Crippen LogP contribution >= 0.6 is 0 Å². The molecular weight excluding hydrogens is 328 g/mol. The van der Waals surface area contributed by atoms with Gasteiger partial charge in [0.2, 0.25) is 0 Å². The Morgan fingerprint density at radius 1 is 1.08 bits per heavy atom. The van der Waals surface area contributed by atoms with E-state index in [9.17, 15) is 18.4 Å². The molecule has 0 atom stereocenters. The van der Waals surface area contributed by atoms with Crippen LogP contribution in [0.3, 0.4) is 0 Å². The Kier molecular flexibility index (Phi) is 5.77. The Bertz CT molecular complexity index is 667. The van der Waals surface area contributed by atoms with Crippen molar-refractivity contribution in [2.75, 3.05) is 18.0 Å². The molecule has 1 saturated heterocycles. The molecule has 2 rings (SSSR count). The van der Waals surface area contributed by atoms with Crippen LogP contribution in [0, 0.1) is 0 Å². The van der Waals surface area contributed by atoms with E-state index < -0.39 is 18.4 Å². The van der Waals surface area contributed by atoms with Crippen molar-refractivity contribution in [1.29, 1.82) is 0 Å². The largest absolute Gasteiger partial charge is 0.376 e. The van der Waals surface area contributed by atoms with Crippen LogP contribution in [0.25, 0.3) is 0 Å². The van der Waals surface area contributed by atoms with Crippen LogP contribution in [0.4, 0.5) is 19.3 Å². The molecule has 25 heavy (non-hydrogen) atoms. The normalized spacial score (nSPS) is 16.7. The number of hydrogen-bond acceptors (Lipinski definition) is 3. The summed E-state index contributed by atoms with van der Waals surface area (Å²) in [6.07, 6.45) is -0.905. The summed E-state index contributed by atoms with van der Waals surface area (Å²) in [7, 11) is 0. The average Bonchev–Trinajstić information content (AvgIpc) is 2.82. The third kappa shape index (κ3) is 3.65. The number of imide groups is 1. The van der Waals surface area contributed by atoms with Gasteiger partial charge in [-0.2, -0.15) is 0 Å². The summed E-state index contributed by atoms with van der Waals surface area (Å²) in [6, 6.07) is 4.53. The second-order valence-corrected chi connectivity index (χ2v) is 6.01. The Morgan fingerprint density at radius 2 is 1.64 bits per heavy atom. The molecule has 0 N–H and O–H groups in total. The maximum absolute atomic E-state index is 12.8. The van der Waals surface area contributed by atoms with Gasteiger partial charge in [-0.3, -0.25) is 9.69 Å². The van der Waals surface area contributed by atoms with Gasteiger partial charge in [0.15, 0.2) is 0 Å². The van der Waals surface area contributed by atoms with E-state index in [0.717, 1.165) is 4.90 Å². The van der Waals surface area contributed by atoms with Crippen LogP contribution in [0.1, 0.15) is 39.7 Å². The van der Waals surface area contributed by atoms with Crippen molar-refractivity contribution in [3.8, 4) is 0 Å².